The van der Waals surface area contributed by atoms with E-state index >= 15 is 0 Å². The standard InChI is InChI=1S/C16H20N4O2/c1-13-11-19(9-10-22-13)15-5-3-14(4-6-15)18-16(21)12-20-8-2-7-17-20/h2-8,13H,9-12H2,1H3,(H,18,21)/t13-/m1/s1. The van der Waals surface area contributed by atoms with Crippen molar-refractivity contribution >= 4 is 17.3 Å². The molecule has 2 heterocycles. The van der Waals surface area contributed by atoms with Crippen molar-refractivity contribution in [1.29, 1.82) is 0 Å². The number of hydrogen-bond donors (Lipinski definition) is 1. The number of ether oxygens (including phenoxy) is 1. The zero-order chi connectivity index (χ0) is 15.4. The van der Waals surface area contributed by atoms with Crippen LogP contribution < -0.4 is 10.2 Å². The fourth-order valence-corrected chi connectivity index (χ4v) is 2.55. The Morgan fingerprint density at radius 2 is 2.23 bits per heavy atom. The Kier molecular flexibility index (Phi) is 4.39. The molecule has 1 aromatic carbocycles. The van der Waals surface area contributed by atoms with E-state index in [1.807, 2.05) is 24.3 Å². The number of nitrogens with one attached hydrogen (secondary N) is 1. The molecule has 22 heavy (non-hydrogen) atoms. The van der Waals surface area contributed by atoms with E-state index in [0.29, 0.717) is 0 Å². The van der Waals surface area contributed by atoms with Gasteiger partial charge in [0.15, 0.2) is 0 Å². The van der Waals surface area contributed by atoms with Crippen molar-refractivity contribution in [1.82, 2.24) is 9.78 Å². The van der Waals surface area contributed by atoms with Gasteiger partial charge in [-0.3, -0.25) is 9.48 Å². The first kappa shape index (κ1) is 14.6. The van der Waals surface area contributed by atoms with Crippen molar-refractivity contribution in [3.63, 3.8) is 0 Å². The maximum absolute atomic E-state index is 11.9. The second-order valence-electron chi connectivity index (χ2n) is 5.43. The van der Waals surface area contributed by atoms with Gasteiger partial charge in [0.05, 0.1) is 12.7 Å². The molecule has 6 heteroatoms. The highest BCUT2D eigenvalue weighted by atomic mass is 16.5. The summed E-state index contributed by atoms with van der Waals surface area (Å²) in [5, 5.41) is 6.89. The lowest BCUT2D eigenvalue weighted by atomic mass is 10.2. The van der Waals surface area contributed by atoms with Gasteiger partial charge in [-0.25, -0.2) is 0 Å². The molecular formula is C16H20N4O2. The Morgan fingerprint density at radius 1 is 1.41 bits per heavy atom. The predicted octanol–water partition coefficient (Wildman–Crippen LogP) is 1.75. The molecule has 6 nitrogen and oxygen atoms in total. The maximum Gasteiger partial charge on any atom is 0.246 e. The molecule has 1 saturated heterocycles. The summed E-state index contributed by atoms with van der Waals surface area (Å²) in [5.41, 5.74) is 1.95. The number of nitrogens with zero attached hydrogens (tertiary/aromatic N) is 3. The molecule has 1 fully saturated rings. The average molecular weight is 300 g/mol. The molecule has 1 aromatic heterocycles. The summed E-state index contributed by atoms with van der Waals surface area (Å²) in [5.74, 6) is -0.0866. The number of benzene rings is 1. The number of anilines is 2. The quantitative estimate of drug-likeness (QED) is 0.934. The molecule has 3 rings (SSSR count). The van der Waals surface area contributed by atoms with Crippen LogP contribution in [0.4, 0.5) is 11.4 Å². The minimum atomic E-state index is -0.0866. The van der Waals surface area contributed by atoms with E-state index in [2.05, 4.69) is 22.2 Å². The van der Waals surface area contributed by atoms with Crippen LogP contribution in [0, 0.1) is 0 Å². The van der Waals surface area contributed by atoms with Gasteiger partial charge in [0.25, 0.3) is 0 Å². The Labute approximate surface area is 129 Å². The second-order valence-corrected chi connectivity index (χ2v) is 5.43. The summed E-state index contributed by atoms with van der Waals surface area (Å²) in [6.07, 6.45) is 3.68. The molecule has 1 aliphatic rings. The van der Waals surface area contributed by atoms with E-state index in [4.69, 9.17) is 4.74 Å². The molecule has 0 unspecified atom stereocenters. The van der Waals surface area contributed by atoms with Gasteiger partial charge in [-0.1, -0.05) is 0 Å². The fraction of sp³-hybridized carbons (Fsp3) is 0.375. The highest BCUT2D eigenvalue weighted by Crippen LogP contribution is 2.20. The maximum atomic E-state index is 11.9. The highest BCUT2D eigenvalue weighted by Gasteiger charge is 2.16. The number of rotatable bonds is 4. The van der Waals surface area contributed by atoms with E-state index < -0.39 is 0 Å². The predicted molar refractivity (Wildman–Crippen MR) is 84.9 cm³/mol. The molecule has 1 atom stereocenters. The van der Waals surface area contributed by atoms with Gasteiger partial charge in [0.1, 0.15) is 6.54 Å². The number of carbonyl (C=O) groups excluding carboxylic acids is 1. The van der Waals surface area contributed by atoms with Crippen molar-refractivity contribution in [2.45, 2.75) is 19.6 Å². The van der Waals surface area contributed by atoms with Gasteiger partial charge in [0, 0.05) is 36.9 Å². The molecule has 2 aromatic rings. The van der Waals surface area contributed by atoms with Crippen LogP contribution in [0.15, 0.2) is 42.7 Å². The Balaban J connectivity index is 1.58. The van der Waals surface area contributed by atoms with E-state index in [9.17, 15) is 4.79 Å². The van der Waals surface area contributed by atoms with Crippen LogP contribution in [0.1, 0.15) is 6.92 Å². The smallest absolute Gasteiger partial charge is 0.246 e. The molecule has 0 aliphatic carbocycles. The number of aromatic nitrogens is 2. The zero-order valence-corrected chi connectivity index (χ0v) is 12.6. The van der Waals surface area contributed by atoms with Gasteiger partial charge in [-0.2, -0.15) is 5.10 Å². The number of carbonyl (C=O) groups is 1. The summed E-state index contributed by atoms with van der Waals surface area (Å²) >= 11 is 0. The minimum Gasteiger partial charge on any atom is -0.375 e. The number of amides is 1. The van der Waals surface area contributed by atoms with Crippen LogP contribution in [0.2, 0.25) is 0 Å². The van der Waals surface area contributed by atoms with E-state index in [-0.39, 0.29) is 18.6 Å². The molecule has 0 radical (unpaired) electrons. The molecule has 116 valence electrons. The Bertz CT molecular complexity index is 610. The van der Waals surface area contributed by atoms with Crippen LogP contribution >= 0.6 is 0 Å². The summed E-state index contributed by atoms with van der Waals surface area (Å²) in [6.45, 7) is 4.84. The first-order valence-electron chi connectivity index (χ1n) is 7.44. The second kappa shape index (κ2) is 6.62. The van der Waals surface area contributed by atoms with Crippen LogP contribution in [-0.4, -0.2) is 41.5 Å². The summed E-state index contributed by atoms with van der Waals surface area (Å²) < 4.78 is 7.14. The third-order valence-electron chi connectivity index (χ3n) is 3.62. The van der Waals surface area contributed by atoms with Gasteiger partial charge >= 0.3 is 0 Å². The van der Waals surface area contributed by atoms with Crippen molar-refractivity contribution in [3.05, 3.63) is 42.7 Å². The fourth-order valence-electron chi connectivity index (χ4n) is 2.55. The first-order valence-corrected chi connectivity index (χ1v) is 7.44. The van der Waals surface area contributed by atoms with Crippen molar-refractivity contribution in [3.8, 4) is 0 Å². The third-order valence-corrected chi connectivity index (χ3v) is 3.62. The van der Waals surface area contributed by atoms with Crippen LogP contribution in [0.5, 0.6) is 0 Å². The largest absolute Gasteiger partial charge is 0.375 e. The van der Waals surface area contributed by atoms with Gasteiger partial charge < -0.3 is 15.0 Å². The highest BCUT2D eigenvalue weighted by molar-refractivity contribution is 5.90. The number of hydrogen-bond acceptors (Lipinski definition) is 4. The topological polar surface area (TPSA) is 59.4 Å². The SMILES string of the molecule is C[C@@H]1CN(c2ccc(NC(=O)Cn3cccn3)cc2)CCO1. The van der Waals surface area contributed by atoms with E-state index in [1.54, 1.807) is 23.1 Å². The lowest BCUT2D eigenvalue weighted by Gasteiger charge is -2.33. The molecule has 1 N–H and O–H groups in total. The molecule has 1 aliphatic heterocycles. The number of morpholine rings is 1. The monoisotopic (exact) mass is 300 g/mol. The first-order chi connectivity index (χ1) is 10.7. The van der Waals surface area contributed by atoms with E-state index in [1.165, 1.54) is 0 Å². The summed E-state index contributed by atoms with van der Waals surface area (Å²) in [7, 11) is 0. The average Bonchev–Trinajstić information content (AvgIpc) is 3.01. The molecular weight excluding hydrogens is 280 g/mol. The molecule has 1 amide bonds. The van der Waals surface area contributed by atoms with Crippen LogP contribution in [-0.2, 0) is 16.1 Å². The van der Waals surface area contributed by atoms with Gasteiger partial charge in [-0.15, -0.1) is 0 Å². The zero-order valence-electron chi connectivity index (χ0n) is 12.6. The lowest BCUT2D eigenvalue weighted by molar-refractivity contribution is -0.116. The summed E-state index contributed by atoms with van der Waals surface area (Å²) in [4.78, 5) is 14.2. The van der Waals surface area contributed by atoms with Gasteiger partial charge in [-0.05, 0) is 37.3 Å². The third kappa shape index (κ3) is 3.65. The van der Waals surface area contributed by atoms with Crippen molar-refractivity contribution in [2.24, 2.45) is 0 Å². The van der Waals surface area contributed by atoms with Crippen molar-refractivity contribution < 1.29 is 9.53 Å². The van der Waals surface area contributed by atoms with Crippen LogP contribution in [0.25, 0.3) is 0 Å². The summed E-state index contributed by atoms with van der Waals surface area (Å²) in [6, 6.07) is 9.71. The Hall–Kier alpha value is -2.34. The lowest BCUT2D eigenvalue weighted by Crippen LogP contribution is -2.41. The van der Waals surface area contributed by atoms with Crippen LogP contribution in [0.3, 0.4) is 0 Å². The van der Waals surface area contributed by atoms with E-state index in [0.717, 1.165) is 31.1 Å². The molecule has 0 saturated carbocycles. The molecule has 0 spiro atoms. The Morgan fingerprint density at radius 3 is 2.91 bits per heavy atom. The van der Waals surface area contributed by atoms with Crippen molar-refractivity contribution in [2.75, 3.05) is 29.9 Å². The molecule has 0 bridgehead atoms. The minimum absolute atomic E-state index is 0.0866. The van der Waals surface area contributed by atoms with Gasteiger partial charge in [0.2, 0.25) is 5.91 Å². The normalized spacial score (nSPS) is 18.2.